The molecule has 0 aliphatic carbocycles. The van der Waals surface area contributed by atoms with Gasteiger partial charge in [0, 0.05) is 0 Å². The van der Waals surface area contributed by atoms with Crippen LogP contribution in [-0.2, 0) is 0 Å². The molecule has 0 rings (SSSR count). The lowest BCUT2D eigenvalue weighted by molar-refractivity contribution is 0.115. The van der Waals surface area contributed by atoms with Gasteiger partial charge in [0.2, 0.25) is 0 Å². The van der Waals surface area contributed by atoms with E-state index in [0.717, 1.165) is 0 Å². The minimum Gasteiger partial charge on any atom is -0.199 e. The van der Waals surface area contributed by atoms with Crippen LogP contribution in [0.25, 0.3) is 0 Å². The van der Waals surface area contributed by atoms with Crippen molar-refractivity contribution in [3.05, 3.63) is 0 Å². The fourth-order valence-corrected chi connectivity index (χ4v) is 1.76. The maximum Gasteiger partial charge on any atom is 0.293 e. The van der Waals surface area contributed by atoms with Crippen molar-refractivity contribution in [3.8, 4) is 0 Å². The first-order chi connectivity index (χ1) is 3.89. The molecule has 0 amide bonds. The Kier molecular flexibility index (Phi) is 3.64. The molecular weight excluding hydrogens is 188 g/mol. The van der Waals surface area contributed by atoms with Crippen molar-refractivity contribution in [2.75, 3.05) is 13.3 Å². The Morgan fingerprint density at radius 3 is 1.67 bits per heavy atom. The van der Waals surface area contributed by atoms with Gasteiger partial charge in [-0.1, -0.05) is 23.2 Å². The average Bonchev–Trinajstić information content (AvgIpc) is 1.65. The van der Waals surface area contributed by atoms with Crippen LogP contribution >= 0.6 is 31.1 Å². The van der Waals surface area contributed by atoms with Gasteiger partial charge in [-0.25, -0.2) is 0 Å². The highest BCUT2D eigenvalue weighted by Gasteiger charge is 2.40. The van der Waals surface area contributed by atoms with E-state index < -0.39 is 18.4 Å². The molecule has 0 saturated carbocycles. The Morgan fingerprint density at radius 2 is 1.67 bits per heavy atom. The molecule has 0 aromatic rings. The van der Waals surface area contributed by atoms with E-state index in [2.05, 4.69) is 0 Å². The summed E-state index contributed by atoms with van der Waals surface area (Å²) in [5.41, 5.74) is -2.90. The molecule has 0 N–H and O–H groups in total. The van der Waals surface area contributed by atoms with Crippen LogP contribution in [0.5, 0.6) is 0 Å². The first-order valence-electron chi connectivity index (χ1n) is 2.22. The predicted octanol–water partition coefficient (Wildman–Crippen LogP) is 3.12. The third-order valence-corrected chi connectivity index (χ3v) is 3.16. The van der Waals surface area contributed by atoms with E-state index in [9.17, 15) is 8.78 Å². The number of halogens is 4. The van der Waals surface area contributed by atoms with Gasteiger partial charge in [-0.05, 0) is 21.3 Å². The summed E-state index contributed by atoms with van der Waals surface area (Å²) in [6.07, 6.45) is 0. The molecule has 9 heavy (non-hydrogen) atoms. The van der Waals surface area contributed by atoms with Crippen LogP contribution in [0.4, 0.5) is 8.78 Å². The summed E-state index contributed by atoms with van der Waals surface area (Å²) in [6, 6.07) is 0. The molecule has 0 fully saturated rings. The molecule has 0 bridgehead atoms. The van der Waals surface area contributed by atoms with Crippen LogP contribution in [0.3, 0.4) is 0 Å². The molecule has 0 unspecified atom stereocenters. The number of hydrogen-bond donors (Lipinski definition) is 0. The second kappa shape index (κ2) is 3.32. The van der Waals surface area contributed by atoms with E-state index in [4.69, 9.17) is 23.2 Å². The number of rotatable bonds is 2. The Morgan fingerprint density at radius 1 is 1.33 bits per heavy atom. The Balaban J connectivity index is 4.01. The summed E-state index contributed by atoms with van der Waals surface area (Å²) < 4.78 is 24.9. The van der Waals surface area contributed by atoms with Crippen LogP contribution in [-0.4, -0.2) is 23.8 Å². The van der Waals surface area contributed by atoms with Gasteiger partial charge in [-0.2, -0.15) is 8.78 Å². The van der Waals surface area contributed by atoms with Crippen LogP contribution in [0.1, 0.15) is 0 Å². The minimum absolute atomic E-state index is 1.38. The van der Waals surface area contributed by atoms with Gasteiger partial charge in [0.1, 0.15) is 0 Å². The molecule has 0 heterocycles. The van der Waals surface area contributed by atoms with Crippen LogP contribution < -0.4 is 0 Å². The smallest absolute Gasteiger partial charge is 0.199 e. The van der Waals surface area contributed by atoms with Gasteiger partial charge < -0.3 is 0 Å². The first-order valence-corrected chi connectivity index (χ1v) is 5.33. The third-order valence-electron chi connectivity index (χ3n) is 0.859. The molecule has 56 valence electrons. The van der Waals surface area contributed by atoms with Gasteiger partial charge in [0.15, 0.2) is 4.84 Å². The number of hydrogen-bond acceptors (Lipinski definition) is 0. The van der Waals surface area contributed by atoms with Crippen LogP contribution in [0.2, 0.25) is 0 Å². The van der Waals surface area contributed by atoms with Crippen LogP contribution in [0.15, 0.2) is 0 Å². The SMILES string of the molecule is CP(C)C(F)(F)C(Cl)Cl. The summed E-state index contributed by atoms with van der Waals surface area (Å²) in [4.78, 5) is -1.57. The highest BCUT2D eigenvalue weighted by molar-refractivity contribution is 7.57. The number of alkyl halides is 4. The molecule has 0 nitrogen and oxygen atoms in total. The van der Waals surface area contributed by atoms with Crippen molar-refractivity contribution in [1.82, 2.24) is 0 Å². The van der Waals surface area contributed by atoms with Crippen molar-refractivity contribution < 1.29 is 8.78 Å². The van der Waals surface area contributed by atoms with Crippen molar-refractivity contribution in [3.63, 3.8) is 0 Å². The van der Waals surface area contributed by atoms with E-state index >= 15 is 0 Å². The standard InChI is InChI=1S/C4H7Cl2F2P/c1-9(2)4(7,8)3(5)6/h3H,1-2H3. The van der Waals surface area contributed by atoms with Crippen molar-refractivity contribution in [1.29, 1.82) is 0 Å². The van der Waals surface area contributed by atoms with Gasteiger partial charge in [0.05, 0.1) is 0 Å². The Hall–Kier alpha value is 0.870. The highest BCUT2D eigenvalue weighted by Crippen LogP contribution is 2.50. The molecule has 0 aliphatic heterocycles. The first kappa shape index (κ1) is 9.87. The zero-order valence-electron chi connectivity index (χ0n) is 5.04. The van der Waals surface area contributed by atoms with E-state index in [1.807, 2.05) is 0 Å². The zero-order chi connectivity index (χ0) is 7.65. The van der Waals surface area contributed by atoms with E-state index in [-0.39, 0.29) is 0 Å². The maximum absolute atomic E-state index is 12.4. The lowest BCUT2D eigenvalue weighted by Crippen LogP contribution is -2.21. The zero-order valence-corrected chi connectivity index (χ0v) is 7.44. The lowest BCUT2D eigenvalue weighted by Gasteiger charge is -2.20. The quantitative estimate of drug-likeness (QED) is 0.469. The molecule has 0 saturated heterocycles. The van der Waals surface area contributed by atoms with Crippen molar-refractivity contribution in [2.45, 2.75) is 10.5 Å². The van der Waals surface area contributed by atoms with E-state index in [0.29, 0.717) is 0 Å². The summed E-state index contributed by atoms with van der Waals surface area (Å²) >= 11 is 9.99. The summed E-state index contributed by atoms with van der Waals surface area (Å²) in [5, 5.41) is 0. The highest BCUT2D eigenvalue weighted by atomic mass is 35.5. The second-order valence-electron chi connectivity index (χ2n) is 1.78. The summed E-state index contributed by atoms with van der Waals surface area (Å²) in [6.45, 7) is 2.88. The maximum atomic E-state index is 12.4. The third kappa shape index (κ3) is 2.53. The fourth-order valence-electron chi connectivity index (χ4n) is 0.195. The fraction of sp³-hybridized carbons (Fsp3) is 1.00. The van der Waals surface area contributed by atoms with Crippen molar-refractivity contribution in [2.24, 2.45) is 0 Å². The van der Waals surface area contributed by atoms with Gasteiger partial charge in [0.25, 0.3) is 5.66 Å². The largest absolute Gasteiger partial charge is 0.293 e. The lowest BCUT2D eigenvalue weighted by atomic mass is 10.8. The molecule has 0 radical (unpaired) electrons. The topological polar surface area (TPSA) is 0 Å². The molecule has 0 aromatic heterocycles. The van der Waals surface area contributed by atoms with E-state index in [1.165, 1.54) is 13.3 Å². The van der Waals surface area contributed by atoms with E-state index in [1.54, 1.807) is 0 Å². The van der Waals surface area contributed by atoms with Crippen molar-refractivity contribution >= 4 is 31.1 Å². The minimum atomic E-state index is -2.90. The molecule has 5 heteroatoms. The Bertz CT molecular complexity index is 84.6. The average molecular weight is 195 g/mol. The molecule has 0 atom stereocenters. The normalized spacial score (nSPS) is 13.3. The summed E-state index contributed by atoms with van der Waals surface area (Å²) in [7, 11) is -1.38. The van der Waals surface area contributed by atoms with Crippen LogP contribution in [0, 0.1) is 0 Å². The molecular formula is C4H7Cl2F2P. The summed E-state index contributed by atoms with van der Waals surface area (Å²) in [5.74, 6) is 0. The van der Waals surface area contributed by atoms with Gasteiger partial charge in [-0.15, -0.1) is 0 Å². The molecule has 0 aromatic carbocycles. The Labute approximate surface area is 64.3 Å². The van der Waals surface area contributed by atoms with Gasteiger partial charge in [-0.3, -0.25) is 0 Å². The molecule has 0 aliphatic rings. The van der Waals surface area contributed by atoms with Gasteiger partial charge >= 0.3 is 0 Å². The predicted molar refractivity (Wildman–Crippen MR) is 39.2 cm³/mol. The molecule has 0 spiro atoms. The second-order valence-corrected chi connectivity index (χ2v) is 5.26. The monoisotopic (exact) mass is 194 g/mol.